The van der Waals surface area contributed by atoms with Crippen molar-refractivity contribution >= 4 is 17.7 Å². The summed E-state index contributed by atoms with van der Waals surface area (Å²) in [5.74, 6) is -11.3. The van der Waals surface area contributed by atoms with Gasteiger partial charge in [0.1, 0.15) is 24.2 Å². The zero-order valence-electron chi connectivity index (χ0n) is 19.9. The molecule has 228 valence electrons. The molecule has 0 N–H and O–H groups in total. The van der Waals surface area contributed by atoms with Crippen LogP contribution in [0.5, 0.6) is 0 Å². The molecule has 0 amide bonds. The van der Waals surface area contributed by atoms with E-state index >= 15 is 0 Å². The van der Waals surface area contributed by atoms with Crippen LogP contribution in [-0.4, -0.2) is 60.2 Å². The highest BCUT2D eigenvalue weighted by Gasteiger charge is 2.79. The van der Waals surface area contributed by atoms with Gasteiger partial charge in [0, 0.05) is 11.1 Å². The average molecular weight is 627 g/mol. The van der Waals surface area contributed by atoms with Gasteiger partial charge in [-0.15, -0.1) is 0 Å². The fourth-order valence-corrected chi connectivity index (χ4v) is 3.98. The minimum atomic E-state index is -6.59. The van der Waals surface area contributed by atoms with Crippen LogP contribution in [0.15, 0.2) is 63.5 Å². The first-order valence-corrected chi connectivity index (χ1v) is 11.0. The summed E-state index contributed by atoms with van der Waals surface area (Å²) in [4.78, 5) is 7.20. The minimum absolute atomic E-state index is 0.494. The van der Waals surface area contributed by atoms with Crippen LogP contribution >= 0.6 is 0 Å². The Hall–Kier alpha value is -3.93. The number of rotatable bonds is 3. The molecule has 2 aromatic rings. The summed E-state index contributed by atoms with van der Waals surface area (Å²) in [6.45, 7) is -1.92. The first kappa shape index (κ1) is 31.0. The van der Waals surface area contributed by atoms with E-state index in [1.54, 1.807) is 0 Å². The van der Waals surface area contributed by atoms with Crippen molar-refractivity contribution in [3.8, 4) is 0 Å². The van der Waals surface area contributed by atoms with E-state index in [1.807, 2.05) is 0 Å². The Morgan fingerprint density at radius 3 is 1.40 bits per heavy atom. The molecule has 0 aliphatic carbocycles. The SMILES string of the molecule is Fc1ccc(C2=NC(C(F)(F)F)(C(F)(F)F)C(C3=NC(C(F)(F)F)(C(F)(F)F)N=C(c4ccc(F)cc4)O3)CO2)cc1. The number of ether oxygens (including phenoxy) is 2. The molecule has 2 aliphatic heterocycles. The topological polar surface area (TPSA) is 55.5 Å². The Kier molecular flexibility index (Phi) is 7.25. The van der Waals surface area contributed by atoms with E-state index < -0.39 is 88.9 Å². The third-order valence-electron chi connectivity index (χ3n) is 6.04. The van der Waals surface area contributed by atoms with Gasteiger partial charge in [0.05, 0.1) is 0 Å². The van der Waals surface area contributed by atoms with E-state index in [9.17, 15) is 61.5 Å². The molecule has 2 aliphatic rings. The Morgan fingerprint density at radius 1 is 0.571 bits per heavy atom. The highest BCUT2D eigenvalue weighted by molar-refractivity contribution is 6.05. The first-order chi connectivity index (χ1) is 19.1. The van der Waals surface area contributed by atoms with Crippen molar-refractivity contribution < 1.29 is 70.9 Å². The summed E-state index contributed by atoms with van der Waals surface area (Å²) in [6, 6.07) is 4.56. The van der Waals surface area contributed by atoms with Crippen LogP contribution in [0.4, 0.5) is 61.5 Å². The van der Waals surface area contributed by atoms with Crippen molar-refractivity contribution in [1.82, 2.24) is 0 Å². The van der Waals surface area contributed by atoms with Crippen LogP contribution in [0.3, 0.4) is 0 Å². The van der Waals surface area contributed by atoms with E-state index in [4.69, 9.17) is 4.74 Å². The van der Waals surface area contributed by atoms with E-state index in [0.717, 1.165) is 0 Å². The Morgan fingerprint density at radius 2 is 1.00 bits per heavy atom. The van der Waals surface area contributed by atoms with Crippen molar-refractivity contribution in [3.05, 3.63) is 71.3 Å². The predicted octanol–water partition coefficient (Wildman–Crippen LogP) is 6.92. The number of alkyl halides is 12. The molecule has 0 bridgehead atoms. The van der Waals surface area contributed by atoms with E-state index in [0.29, 0.717) is 48.5 Å². The summed E-state index contributed by atoms with van der Waals surface area (Å²) in [7, 11) is 0. The largest absolute Gasteiger partial charge is 0.477 e. The lowest BCUT2D eigenvalue weighted by Gasteiger charge is -2.44. The Bertz CT molecular complexity index is 1390. The summed E-state index contributed by atoms with van der Waals surface area (Å²) in [5.41, 5.74) is -12.7. The molecule has 5 nitrogen and oxygen atoms in total. The first-order valence-electron chi connectivity index (χ1n) is 11.0. The van der Waals surface area contributed by atoms with Crippen LogP contribution in [0.1, 0.15) is 11.1 Å². The van der Waals surface area contributed by atoms with Crippen LogP contribution in [0.25, 0.3) is 0 Å². The molecule has 0 radical (unpaired) electrons. The van der Waals surface area contributed by atoms with Crippen LogP contribution in [-0.2, 0) is 9.47 Å². The number of aliphatic imine (C=N–C) groups is 3. The van der Waals surface area contributed by atoms with Crippen LogP contribution in [0.2, 0.25) is 0 Å². The molecule has 0 spiro atoms. The van der Waals surface area contributed by atoms with Crippen LogP contribution < -0.4 is 0 Å². The van der Waals surface area contributed by atoms with Crippen LogP contribution in [0, 0.1) is 17.6 Å². The molecule has 19 heteroatoms. The molecular formula is C23H11F14N3O2. The second-order valence-corrected chi connectivity index (χ2v) is 8.69. The smallest absolute Gasteiger partial charge is 0.443 e. The fourth-order valence-electron chi connectivity index (χ4n) is 3.98. The van der Waals surface area contributed by atoms with Gasteiger partial charge in [-0.1, -0.05) is 0 Å². The number of benzene rings is 2. The van der Waals surface area contributed by atoms with E-state index in [2.05, 4.69) is 19.7 Å². The zero-order chi connectivity index (χ0) is 31.5. The molecule has 0 saturated carbocycles. The standard InChI is InChI=1S/C23H11F14N3O2/c24-12-5-1-10(2-6-12)15-38-18(20(26,27)28,21(29,30)31)14(9-41-15)17-40-19(22(32,33)34,23(35,36)37)39-16(42-17)11-3-7-13(25)8-4-11/h1-8,14H,9H2. The van der Waals surface area contributed by atoms with Gasteiger partial charge >= 0.3 is 30.4 Å². The maximum atomic E-state index is 14.4. The lowest BCUT2D eigenvalue weighted by Crippen LogP contribution is -2.67. The summed E-state index contributed by atoms with van der Waals surface area (Å²) in [6.07, 6.45) is -26.3. The van der Waals surface area contributed by atoms with E-state index in [1.165, 1.54) is 0 Å². The predicted molar refractivity (Wildman–Crippen MR) is 114 cm³/mol. The van der Waals surface area contributed by atoms with Gasteiger partial charge in [-0.05, 0) is 48.5 Å². The van der Waals surface area contributed by atoms with Gasteiger partial charge in [-0.3, -0.25) is 0 Å². The number of hydrogen-bond acceptors (Lipinski definition) is 5. The summed E-state index contributed by atoms with van der Waals surface area (Å²) < 4.78 is 206. The second kappa shape index (κ2) is 9.82. The molecule has 0 fully saturated rings. The third kappa shape index (κ3) is 5.01. The minimum Gasteiger partial charge on any atom is -0.477 e. The Labute approximate surface area is 224 Å². The monoisotopic (exact) mass is 627 g/mol. The molecule has 42 heavy (non-hydrogen) atoms. The highest BCUT2D eigenvalue weighted by atomic mass is 19.4. The second-order valence-electron chi connectivity index (χ2n) is 8.69. The lowest BCUT2D eigenvalue weighted by atomic mass is 9.81. The molecular weight excluding hydrogens is 616 g/mol. The zero-order valence-corrected chi connectivity index (χ0v) is 19.9. The van der Waals surface area contributed by atoms with Gasteiger partial charge in [-0.25, -0.2) is 23.8 Å². The van der Waals surface area contributed by atoms with E-state index in [-0.39, 0.29) is 0 Å². The van der Waals surface area contributed by atoms with Crippen molar-refractivity contribution in [3.63, 3.8) is 0 Å². The van der Waals surface area contributed by atoms with Gasteiger partial charge in [0.2, 0.25) is 17.7 Å². The van der Waals surface area contributed by atoms with Crippen molar-refractivity contribution in [2.75, 3.05) is 6.61 Å². The number of nitrogens with zero attached hydrogens (tertiary/aromatic N) is 3. The quantitative estimate of drug-likeness (QED) is 0.347. The molecule has 0 aromatic heterocycles. The lowest BCUT2D eigenvalue weighted by molar-refractivity contribution is -0.310. The maximum absolute atomic E-state index is 14.4. The average Bonchev–Trinajstić information content (AvgIpc) is 2.86. The summed E-state index contributed by atoms with van der Waals surface area (Å²) in [5, 5.41) is 0. The molecule has 2 heterocycles. The molecule has 2 aromatic carbocycles. The van der Waals surface area contributed by atoms with Crippen molar-refractivity contribution in [1.29, 1.82) is 0 Å². The normalized spacial score (nSPS) is 21.0. The number of hydrogen-bond donors (Lipinski definition) is 0. The highest BCUT2D eigenvalue weighted by Crippen LogP contribution is 2.55. The third-order valence-corrected chi connectivity index (χ3v) is 6.04. The molecule has 1 unspecified atom stereocenters. The van der Waals surface area contributed by atoms with Gasteiger partial charge in [0.15, 0.2) is 0 Å². The van der Waals surface area contributed by atoms with Gasteiger partial charge in [-0.2, -0.15) is 52.7 Å². The fraction of sp³-hybridized carbons (Fsp3) is 0.348. The summed E-state index contributed by atoms with van der Waals surface area (Å²) >= 11 is 0. The van der Waals surface area contributed by atoms with Gasteiger partial charge in [0.25, 0.3) is 5.54 Å². The molecule has 4 rings (SSSR count). The van der Waals surface area contributed by atoms with Gasteiger partial charge < -0.3 is 9.47 Å². The van der Waals surface area contributed by atoms with Crippen molar-refractivity contribution in [2.24, 2.45) is 20.9 Å². The Balaban J connectivity index is 2.02. The number of halogens is 14. The molecule has 1 atom stereocenters. The molecule has 0 saturated heterocycles. The maximum Gasteiger partial charge on any atom is 0.443 e. The van der Waals surface area contributed by atoms with Crippen molar-refractivity contribution in [2.45, 2.75) is 35.9 Å².